The number of halogens is 2. The first-order valence-corrected chi connectivity index (χ1v) is 8.42. The molecule has 2 aromatic carbocycles. The number of nitrogens with zero attached hydrogens (tertiary/aromatic N) is 4. The number of fused-ring (bicyclic) bond motifs is 2. The Labute approximate surface area is 157 Å². The van der Waals surface area contributed by atoms with E-state index in [1.54, 1.807) is 16.8 Å². The highest BCUT2D eigenvalue weighted by atomic mass is 19.1. The molecule has 1 aliphatic rings. The Morgan fingerprint density at radius 1 is 1.11 bits per heavy atom. The highest BCUT2D eigenvalue weighted by Gasteiger charge is 2.20. The Kier molecular flexibility index (Phi) is 3.54. The van der Waals surface area contributed by atoms with E-state index in [0.717, 1.165) is 23.3 Å². The summed E-state index contributed by atoms with van der Waals surface area (Å²) in [7, 11) is 0. The van der Waals surface area contributed by atoms with Crippen molar-refractivity contribution >= 4 is 23.1 Å². The van der Waals surface area contributed by atoms with Crippen molar-refractivity contribution in [3.63, 3.8) is 0 Å². The SMILES string of the molecule is O=C1NCc2cc(-c3cnc(Nc4ccc(F)cc4F)c4ncnn34)ccc21. The molecule has 0 saturated heterocycles. The molecule has 0 saturated carbocycles. The van der Waals surface area contributed by atoms with Gasteiger partial charge >= 0.3 is 0 Å². The fourth-order valence-electron chi connectivity index (χ4n) is 3.21. The van der Waals surface area contributed by atoms with Crippen LogP contribution in [0.2, 0.25) is 0 Å². The van der Waals surface area contributed by atoms with E-state index in [0.29, 0.717) is 23.4 Å². The highest BCUT2D eigenvalue weighted by Crippen LogP contribution is 2.28. The number of nitrogens with one attached hydrogen (secondary N) is 2. The van der Waals surface area contributed by atoms with Gasteiger partial charge in [-0.1, -0.05) is 6.07 Å². The van der Waals surface area contributed by atoms with E-state index in [-0.39, 0.29) is 17.4 Å². The lowest BCUT2D eigenvalue weighted by molar-refractivity contribution is 0.0966. The number of anilines is 2. The number of rotatable bonds is 3. The van der Waals surface area contributed by atoms with Crippen LogP contribution in [0.25, 0.3) is 16.9 Å². The van der Waals surface area contributed by atoms with Gasteiger partial charge in [0.05, 0.1) is 17.6 Å². The first-order chi connectivity index (χ1) is 13.6. The molecule has 138 valence electrons. The maximum atomic E-state index is 14.0. The Balaban J connectivity index is 1.57. The average molecular weight is 378 g/mol. The fraction of sp³-hybridized carbons (Fsp3) is 0.0526. The second-order valence-corrected chi connectivity index (χ2v) is 6.29. The predicted octanol–water partition coefficient (Wildman–Crippen LogP) is 3.06. The number of carbonyl (C=O) groups is 1. The van der Waals surface area contributed by atoms with Gasteiger partial charge in [-0.05, 0) is 29.8 Å². The van der Waals surface area contributed by atoms with Crippen LogP contribution in [0.1, 0.15) is 15.9 Å². The molecule has 2 N–H and O–H groups in total. The molecule has 0 atom stereocenters. The largest absolute Gasteiger partial charge is 0.348 e. The number of benzene rings is 2. The van der Waals surface area contributed by atoms with Gasteiger partial charge in [-0.25, -0.2) is 23.3 Å². The maximum Gasteiger partial charge on any atom is 0.251 e. The van der Waals surface area contributed by atoms with Crippen molar-refractivity contribution in [2.45, 2.75) is 6.54 Å². The summed E-state index contributed by atoms with van der Waals surface area (Å²) < 4.78 is 28.6. The molecule has 28 heavy (non-hydrogen) atoms. The summed E-state index contributed by atoms with van der Waals surface area (Å²) in [4.78, 5) is 20.3. The Bertz CT molecular complexity index is 1250. The third-order valence-electron chi connectivity index (χ3n) is 4.57. The molecule has 1 aliphatic heterocycles. The Morgan fingerprint density at radius 3 is 2.86 bits per heavy atom. The van der Waals surface area contributed by atoms with E-state index >= 15 is 0 Å². The molecule has 0 aliphatic carbocycles. The third kappa shape index (κ3) is 2.56. The monoisotopic (exact) mass is 378 g/mol. The molecule has 3 heterocycles. The molecule has 5 rings (SSSR count). The summed E-state index contributed by atoms with van der Waals surface area (Å²) in [6.07, 6.45) is 2.95. The number of amides is 1. The zero-order valence-corrected chi connectivity index (χ0v) is 14.3. The zero-order valence-electron chi connectivity index (χ0n) is 14.3. The van der Waals surface area contributed by atoms with Crippen molar-refractivity contribution in [3.05, 3.63) is 71.7 Å². The minimum absolute atomic E-state index is 0.0775. The van der Waals surface area contributed by atoms with E-state index < -0.39 is 11.6 Å². The van der Waals surface area contributed by atoms with E-state index in [2.05, 4.69) is 25.7 Å². The van der Waals surface area contributed by atoms with Crippen LogP contribution < -0.4 is 10.6 Å². The van der Waals surface area contributed by atoms with Crippen LogP contribution in [0.15, 0.2) is 48.9 Å². The quantitative estimate of drug-likeness (QED) is 0.572. The summed E-state index contributed by atoms with van der Waals surface area (Å²) in [6, 6.07) is 8.71. The number of carbonyl (C=O) groups excluding carboxylic acids is 1. The van der Waals surface area contributed by atoms with Crippen LogP contribution in [0.3, 0.4) is 0 Å². The van der Waals surface area contributed by atoms with Gasteiger partial charge < -0.3 is 10.6 Å². The highest BCUT2D eigenvalue weighted by molar-refractivity contribution is 5.98. The average Bonchev–Trinajstić information content (AvgIpc) is 3.31. The van der Waals surface area contributed by atoms with Crippen molar-refractivity contribution in [2.75, 3.05) is 5.32 Å². The van der Waals surface area contributed by atoms with Crippen LogP contribution in [0.5, 0.6) is 0 Å². The zero-order chi connectivity index (χ0) is 19.3. The van der Waals surface area contributed by atoms with E-state index in [1.807, 2.05) is 12.1 Å². The van der Waals surface area contributed by atoms with Gasteiger partial charge in [0.15, 0.2) is 11.5 Å². The van der Waals surface area contributed by atoms with Gasteiger partial charge in [0.2, 0.25) is 0 Å². The summed E-state index contributed by atoms with van der Waals surface area (Å²) in [6.45, 7) is 0.472. The van der Waals surface area contributed by atoms with Gasteiger partial charge in [-0.2, -0.15) is 5.10 Å². The number of hydrogen-bond acceptors (Lipinski definition) is 5. The molecule has 2 aromatic heterocycles. The molecule has 9 heteroatoms. The van der Waals surface area contributed by atoms with Gasteiger partial charge in [0.25, 0.3) is 5.91 Å². The first-order valence-electron chi connectivity index (χ1n) is 8.42. The van der Waals surface area contributed by atoms with Gasteiger partial charge in [0, 0.05) is 23.7 Å². The minimum atomic E-state index is -0.737. The van der Waals surface area contributed by atoms with Gasteiger partial charge in [-0.15, -0.1) is 0 Å². The van der Waals surface area contributed by atoms with Crippen LogP contribution in [-0.4, -0.2) is 25.5 Å². The second-order valence-electron chi connectivity index (χ2n) is 6.29. The topological polar surface area (TPSA) is 84.2 Å². The van der Waals surface area contributed by atoms with Gasteiger partial charge in [0.1, 0.15) is 18.0 Å². The molecular formula is C19H12F2N6O. The molecular weight excluding hydrogens is 366 g/mol. The van der Waals surface area contributed by atoms with Crippen molar-refractivity contribution < 1.29 is 13.6 Å². The Morgan fingerprint density at radius 2 is 2.00 bits per heavy atom. The second kappa shape index (κ2) is 6.08. The summed E-state index contributed by atoms with van der Waals surface area (Å²) >= 11 is 0. The lowest BCUT2D eigenvalue weighted by Gasteiger charge is -2.11. The maximum absolute atomic E-state index is 14.0. The lowest BCUT2D eigenvalue weighted by Crippen LogP contribution is -2.12. The lowest BCUT2D eigenvalue weighted by atomic mass is 10.0. The normalized spacial score (nSPS) is 12.9. The summed E-state index contributed by atoms with van der Waals surface area (Å²) in [5.41, 5.74) is 3.49. The van der Waals surface area contributed by atoms with Crippen LogP contribution in [0, 0.1) is 11.6 Å². The smallest absolute Gasteiger partial charge is 0.251 e. The minimum Gasteiger partial charge on any atom is -0.348 e. The van der Waals surface area contributed by atoms with E-state index in [1.165, 1.54) is 12.4 Å². The molecule has 0 unspecified atom stereocenters. The molecule has 7 nitrogen and oxygen atoms in total. The number of hydrogen-bond donors (Lipinski definition) is 2. The Hall–Kier alpha value is -3.88. The predicted molar refractivity (Wildman–Crippen MR) is 97.0 cm³/mol. The van der Waals surface area contributed by atoms with Crippen molar-refractivity contribution in [3.8, 4) is 11.3 Å². The molecule has 0 spiro atoms. The van der Waals surface area contributed by atoms with Crippen LogP contribution in [-0.2, 0) is 6.54 Å². The van der Waals surface area contributed by atoms with E-state index in [9.17, 15) is 13.6 Å². The third-order valence-corrected chi connectivity index (χ3v) is 4.57. The standard InChI is InChI=1S/C19H12F2N6O/c20-12-2-4-15(14(21)6-12)26-17-18-24-9-25-27(18)16(8-22-17)10-1-3-13-11(5-10)7-23-19(13)28/h1-6,8-9H,7H2,(H,22,26)(H,23,28). The molecule has 0 fully saturated rings. The van der Waals surface area contributed by atoms with E-state index in [4.69, 9.17) is 0 Å². The summed E-state index contributed by atoms with van der Waals surface area (Å²) in [5, 5.41) is 9.84. The number of aromatic nitrogens is 4. The molecule has 0 bridgehead atoms. The molecule has 4 aromatic rings. The van der Waals surface area contributed by atoms with Crippen molar-refractivity contribution in [2.24, 2.45) is 0 Å². The van der Waals surface area contributed by atoms with Crippen LogP contribution >= 0.6 is 0 Å². The fourth-order valence-corrected chi connectivity index (χ4v) is 3.21. The first kappa shape index (κ1) is 16.3. The summed E-state index contributed by atoms with van der Waals surface area (Å²) in [5.74, 6) is -1.21. The molecule has 1 amide bonds. The van der Waals surface area contributed by atoms with Crippen molar-refractivity contribution in [1.82, 2.24) is 24.9 Å². The molecule has 0 radical (unpaired) electrons. The van der Waals surface area contributed by atoms with Gasteiger partial charge in [-0.3, -0.25) is 4.79 Å². The van der Waals surface area contributed by atoms with Crippen LogP contribution in [0.4, 0.5) is 20.3 Å². The van der Waals surface area contributed by atoms with Crippen molar-refractivity contribution in [1.29, 1.82) is 0 Å².